The average Bonchev–Trinajstić information content (AvgIpc) is 2.72. The highest BCUT2D eigenvalue weighted by molar-refractivity contribution is 6.31. The standard InChI is InChI=1S/C22H23ClO6/c1-4-27-21(24)17(22(25)28-5-2)12-15-10-11-19(20(13-15)26-3)29-14-16-8-6-7-9-18(16)23/h6-13H,4-5,14H2,1-3H3. The molecule has 0 atom stereocenters. The number of carbonyl (C=O) groups is 2. The molecule has 2 aromatic rings. The van der Waals surface area contributed by atoms with Crippen LogP contribution in [0.5, 0.6) is 11.5 Å². The molecule has 0 aliphatic carbocycles. The van der Waals surface area contributed by atoms with Crippen LogP contribution >= 0.6 is 11.6 Å². The molecule has 0 aliphatic rings. The van der Waals surface area contributed by atoms with E-state index < -0.39 is 11.9 Å². The Morgan fingerprint density at radius 3 is 2.21 bits per heavy atom. The van der Waals surface area contributed by atoms with Crippen molar-refractivity contribution >= 4 is 29.6 Å². The van der Waals surface area contributed by atoms with Gasteiger partial charge in [0.05, 0.1) is 20.3 Å². The summed E-state index contributed by atoms with van der Waals surface area (Å²) in [6.45, 7) is 3.88. The molecule has 0 radical (unpaired) electrons. The summed E-state index contributed by atoms with van der Waals surface area (Å²) in [6.07, 6.45) is 1.40. The van der Waals surface area contributed by atoms with Crippen molar-refractivity contribution in [1.82, 2.24) is 0 Å². The number of halogens is 1. The summed E-state index contributed by atoms with van der Waals surface area (Å²) in [5, 5.41) is 0.611. The Bertz CT molecular complexity index is 871. The number of hydrogen-bond acceptors (Lipinski definition) is 6. The van der Waals surface area contributed by atoms with Crippen molar-refractivity contribution in [3.8, 4) is 11.5 Å². The molecular formula is C22H23ClO6. The third-order valence-corrected chi connectivity index (χ3v) is 4.20. The monoisotopic (exact) mass is 418 g/mol. The highest BCUT2D eigenvalue weighted by Gasteiger charge is 2.21. The maximum Gasteiger partial charge on any atom is 0.345 e. The fourth-order valence-electron chi connectivity index (χ4n) is 2.45. The van der Waals surface area contributed by atoms with Gasteiger partial charge in [-0.05, 0) is 43.7 Å². The number of hydrogen-bond donors (Lipinski definition) is 0. The van der Waals surface area contributed by atoms with Gasteiger partial charge < -0.3 is 18.9 Å². The van der Waals surface area contributed by atoms with Gasteiger partial charge in [-0.15, -0.1) is 0 Å². The van der Waals surface area contributed by atoms with Crippen molar-refractivity contribution in [1.29, 1.82) is 0 Å². The molecule has 7 heteroatoms. The van der Waals surface area contributed by atoms with Crippen molar-refractivity contribution in [3.63, 3.8) is 0 Å². The van der Waals surface area contributed by atoms with Crippen molar-refractivity contribution in [3.05, 3.63) is 64.2 Å². The summed E-state index contributed by atoms with van der Waals surface area (Å²) in [5.74, 6) is -0.552. The molecule has 154 valence electrons. The Kier molecular flexibility index (Phi) is 8.55. The molecule has 0 saturated carbocycles. The van der Waals surface area contributed by atoms with Gasteiger partial charge in [-0.1, -0.05) is 35.9 Å². The highest BCUT2D eigenvalue weighted by Crippen LogP contribution is 2.30. The molecule has 0 fully saturated rings. The first kappa shape index (κ1) is 22.3. The van der Waals surface area contributed by atoms with Gasteiger partial charge in [0.25, 0.3) is 0 Å². The lowest BCUT2D eigenvalue weighted by atomic mass is 10.1. The van der Waals surface area contributed by atoms with E-state index in [-0.39, 0.29) is 25.4 Å². The van der Waals surface area contributed by atoms with Gasteiger partial charge in [0, 0.05) is 10.6 Å². The normalized spacial score (nSPS) is 10.1. The molecular weight excluding hydrogens is 396 g/mol. The Balaban J connectivity index is 2.27. The SMILES string of the molecule is CCOC(=O)C(=Cc1ccc(OCc2ccccc2Cl)c(OC)c1)C(=O)OCC. The second-order valence-electron chi connectivity index (χ2n) is 5.79. The Morgan fingerprint density at radius 1 is 0.966 bits per heavy atom. The number of benzene rings is 2. The number of esters is 2. The molecule has 0 heterocycles. The summed E-state index contributed by atoms with van der Waals surface area (Å²) >= 11 is 6.15. The predicted molar refractivity (Wildman–Crippen MR) is 110 cm³/mol. The second-order valence-corrected chi connectivity index (χ2v) is 6.20. The van der Waals surface area contributed by atoms with E-state index in [1.54, 1.807) is 38.1 Å². The minimum atomic E-state index is -0.746. The summed E-state index contributed by atoms with van der Waals surface area (Å²) in [6, 6.07) is 12.4. The van der Waals surface area contributed by atoms with Crippen molar-refractivity contribution in [2.75, 3.05) is 20.3 Å². The zero-order valence-corrected chi connectivity index (χ0v) is 17.3. The van der Waals surface area contributed by atoms with Gasteiger partial charge in [-0.25, -0.2) is 9.59 Å². The Hall–Kier alpha value is -2.99. The zero-order valence-electron chi connectivity index (χ0n) is 16.6. The van der Waals surface area contributed by atoms with Crippen LogP contribution in [0.15, 0.2) is 48.0 Å². The van der Waals surface area contributed by atoms with Crippen LogP contribution < -0.4 is 9.47 Å². The van der Waals surface area contributed by atoms with E-state index in [2.05, 4.69) is 0 Å². The van der Waals surface area contributed by atoms with Crippen LogP contribution in [-0.2, 0) is 25.7 Å². The molecule has 0 saturated heterocycles. The Morgan fingerprint density at radius 2 is 1.62 bits per heavy atom. The molecule has 0 spiro atoms. The number of carbonyl (C=O) groups excluding carboxylic acids is 2. The summed E-state index contributed by atoms with van der Waals surface area (Å²) in [5.41, 5.74) is 1.20. The van der Waals surface area contributed by atoms with Crippen LogP contribution in [0, 0.1) is 0 Å². The van der Waals surface area contributed by atoms with Gasteiger partial charge >= 0.3 is 11.9 Å². The minimum absolute atomic E-state index is 0.147. The van der Waals surface area contributed by atoms with E-state index in [1.807, 2.05) is 18.2 Å². The Labute approximate surface area is 175 Å². The third-order valence-electron chi connectivity index (χ3n) is 3.83. The lowest BCUT2D eigenvalue weighted by molar-refractivity contribution is -0.146. The largest absolute Gasteiger partial charge is 0.493 e. The molecule has 29 heavy (non-hydrogen) atoms. The molecule has 0 bridgehead atoms. The topological polar surface area (TPSA) is 71.1 Å². The maximum atomic E-state index is 12.1. The lowest BCUT2D eigenvalue weighted by Crippen LogP contribution is -2.18. The molecule has 0 unspecified atom stereocenters. The van der Waals surface area contributed by atoms with Crippen molar-refractivity contribution in [2.24, 2.45) is 0 Å². The van der Waals surface area contributed by atoms with E-state index in [1.165, 1.54) is 13.2 Å². The van der Waals surface area contributed by atoms with E-state index in [4.69, 9.17) is 30.5 Å². The quantitative estimate of drug-likeness (QED) is 0.259. The van der Waals surface area contributed by atoms with E-state index in [9.17, 15) is 9.59 Å². The maximum absolute atomic E-state index is 12.1. The van der Waals surface area contributed by atoms with Crippen LogP contribution in [-0.4, -0.2) is 32.3 Å². The molecule has 2 rings (SSSR count). The number of rotatable bonds is 9. The van der Waals surface area contributed by atoms with Crippen molar-refractivity contribution in [2.45, 2.75) is 20.5 Å². The highest BCUT2D eigenvalue weighted by atomic mass is 35.5. The van der Waals surface area contributed by atoms with Gasteiger partial charge in [0.1, 0.15) is 12.2 Å². The smallest absolute Gasteiger partial charge is 0.345 e. The fourth-order valence-corrected chi connectivity index (χ4v) is 2.64. The third kappa shape index (κ3) is 6.26. The van der Waals surface area contributed by atoms with E-state index in [0.717, 1.165) is 5.56 Å². The first-order valence-electron chi connectivity index (χ1n) is 9.10. The van der Waals surface area contributed by atoms with Gasteiger partial charge in [-0.3, -0.25) is 0 Å². The molecule has 0 N–H and O–H groups in total. The summed E-state index contributed by atoms with van der Waals surface area (Å²) in [4.78, 5) is 24.2. The fraction of sp³-hybridized carbons (Fsp3) is 0.273. The molecule has 0 aliphatic heterocycles. The van der Waals surface area contributed by atoms with Gasteiger partial charge in [0.15, 0.2) is 11.5 Å². The predicted octanol–water partition coefficient (Wildman–Crippen LogP) is 4.44. The van der Waals surface area contributed by atoms with Gasteiger partial charge in [-0.2, -0.15) is 0 Å². The van der Waals surface area contributed by atoms with Crippen LogP contribution in [0.25, 0.3) is 6.08 Å². The van der Waals surface area contributed by atoms with E-state index >= 15 is 0 Å². The summed E-state index contributed by atoms with van der Waals surface area (Å²) < 4.78 is 21.1. The van der Waals surface area contributed by atoms with Crippen LogP contribution in [0.1, 0.15) is 25.0 Å². The first-order valence-corrected chi connectivity index (χ1v) is 9.48. The molecule has 0 amide bonds. The number of ether oxygens (including phenoxy) is 4. The van der Waals surface area contributed by atoms with E-state index in [0.29, 0.717) is 22.1 Å². The van der Waals surface area contributed by atoms with Crippen LogP contribution in [0.2, 0.25) is 5.02 Å². The molecule has 0 aromatic heterocycles. The zero-order chi connectivity index (χ0) is 21.2. The average molecular weight is 419 g/mol. The lowest BCUT2D eigenvalue weighted by Gasteiger charge is -2.12. The first-order chi connectivity index (χ1) is 14.0. The minimum Gasteiger partial charge on any atom is -0.493 e. The summed E-state index contributed by atoms with van der Waals surface area (Å²) in [7, 11) is 1.50. The second kappa shape index (κ2) is 11.1. The van der Waals surface area contributed by atoms with Crippen LogP contribution in [0.3, 0.4) is 0 Å². The number of methoxy groups -OCH3 is 1. The van der Waals surface area contributed by atoms with Crippen LogP contribution in [0.4, 0.5) is 0 Å². The van der Waals surface area contributed by atoms with Crippen molar-refractivity contribution < 1.29 is 28.5 Å². The molecule has 6 nitrogen and oxygen atoms in total. The van der Waals surface area contributed by atoms with Gasteiger partial charge in [0.2, 0.25) is 0 Å². The molecule has 2 aromatic carbocycles.